The molecule has 0 spiro atoms. The number of carbonyl (C=O) groups is 2. The van der Waals surface area contributed by atoms with E-state index in [2.05, 4.69) is 17.1 Å². The number of carboxylic acid groups (broad SMARTS) is 1. The van der Waals surface area contributed by atoms with E-state index in [1.807, 2.05) is 63.2 Å². The van der Waals surface area contributed by atoms with Crippen molar-refractivity contribution >= 4 is 11.9 Å². The molecule has 214 valence electrons. The van der Waals surface area contributed by atoms with E-state index in [4.69, 9.17) is 24.7 Å². The fraction of sp³-hybridized carbons (Fsp3) is 0.303. The number of aromatic nitrogens is 1. The summed E-state index contributed by atoms with van der Waals surface area (Å²) in [5, 5.41) is 9.13. The van der Waals surface area contributed by atoms with Crippen LogP contribution in [0.1, 0.15) is 48.9 Å². The first-order chi connectivity index (χ1) is 19.7. The summed E-state index contributed by atoms with van der Waals surface area (Å²) in [5.41, 5.74) is 11.4. The Morgan fingerprint density at radius 2 is 1.63 bits per heavy atom. The minimum atomic E-state index is -1.05. The van der Waals surface area contributed by atoms with Gasteiger partial charge in [0.1, 0.15) is 17.6 Å². The Morgan fingerprint density at radius 1 is 0.951 bits per heavy atom. The molecule has 1 heterocycles. The molecule has 3 N–H and O–H groups in total. The summed E-state index contributed by atoms with van der Waals surface area (Å²) in [4.78, 5) is 28.4. The highest BCUT2D eigenvalue weighted by Gasteiger charge is 2.22. The number of oxazole rings is 1. The van der Waals surface area contributed by atoms with Crippen LogP contribution in [-0.4, -0.2) is 35.2 Å². The van der Waals surface area contributed by atoms with Crippen LogP contribution >= 0.6 is 0 Å². The van der Waals surface area contributed by atoms with Gasteiger partial charge in [0.25, 0.3) is 0 Å². The quantitative estimate of drug-likeness (QED) is 0.188. The first-order valence-electron chi connectivity index (χ1n) is 13.7. The average molecular weight is 557 g/mol. The molecule has 1 unspecified atom stereocenters. The second kappa shape index (κ2) is 13.8. The van der Waals surface area contributed by atoms with Crippen LogP contribution in [0.3, 0.4) is 0 Å². The van der Waals surface area contributed by atoms with Crippen molar-refractivity contribution in [3.63, 3.8) is 0 Å². The van der Waals surface area contributed by atoms with Crippen molar-refractivity contribution in [3.8, 4) is 28.3 Å². The number of nitrogens with zero attached hydrogens (tertiary/aromatic N) is 1. The molecule has 0 aliphatic rings. The topological polar surface area (TPSA) is 125 Å². The molecule has 3 aromatic carbocycles. The molecule has 0 aliphatic heterocycles. The number of hydrogen-bond donors (Lipinski definition) is 2. The maximum atomic E-state index is 12.6. The molecule has 8 heteroatoms. The van der Waals surface area contributed by atoms with E-state index in [1.165, 1.54) is 0 Å². The lowest BCUT2D eigenvalue weighted by molar-refractivity contribution is -0.146. The zero-order valence-corrected chi connectivity index (χ0v) is 23.6. The smallest absolute Gasteiger partial charge is 0.327 e. The summed E-state index contributed by atoms with van der Waals surface area (Å²) in [6.07, 6.45) is 0.670. The molecular weight excluding hydrogens is 520 g/mol. The second-order valence-corrected chi connectivity index (χ2v) is 10.3. The number of aliphatic carboxylic acids is 1. The van der Waals surface area contributed by atoms with E-state index in [0.717, 1.165) is 28.1 Å². The summed E-state index contributed by atoms with van der Waals surface area (Å²) < 4.78 is 17.3. The summed E-state index contributed by atoms with van der Waals surface area (Å²) >= 11 is 0. The molecule has 0 aliphatic carbocycles. The zero-order valence-electron chi connectivity index (χ0n) is 23.6. The first-order valence-corrected chi connectivity index (χ1v) is 13.7. The molecule has 4 aromatic rings. The third kappa shape index (κ3) is 8.05. The van der Waals surface area contributed by atoms with Crippen LogP contribution in [0.4, 0.5) is 0 Å². The summed E-state index contributed by atoms with van der Waals surface area (Å²) in [5.74, 6) is 0.464. The van der Waals surface area contributed by atoms with Crippen LogP contribution in [0.2, 0.25) is 0 Å². The number of ether oxygens (including phenoxy) is 2. The molecule has 8 nitrogen and oxygen atoms in total. The molecule has 0 saturated carbocycles. The molecule has 41 heavy (non-hydrogen) atoms. The van der Waals surface area contributed by atoms with E-state index in [9.17, 15) is 9.59 Å². The Bertz CT molecular complexity index is 1460. The van der Waals surface area contributed by atoms with Gasteiger partial charge in [-0.3, -0.25) is 4.79 Å². The van der Waals surface area contributed by atoms with Gasteiger partial charge in [-0.05, 0) is 65.8 Å². The van der Waals surface area contributed by atoms with E-state index in [-0.39, 0.29) is 25.4 Å². The lowest BCUT2D eigenvalue weighted by atomic mass is 9.97. The molecule has 4 rings (SSSR count). The van der Waals surface area contributed by atoms with Crippen molar-refractivity contribution in [2.45, 2.75) is 46.1 Å². The molecular formula is C33H36N2O6. The maximum absolute atomic E-state index is 12.6. The number of aryl methyl sites for hydroxylation is 2. The fourth-order valence-corrected chi connectivity index (χ4v) is 4.37. The van der Waals surface area contributed by atoms with Crippen molar-refractivity contribution in [2.24, 2.45) is 11.7 Å². The Kier molecular flexibility index (Phi) is 9.92. The predicted octanol–water partition coefficient (Wildman–Crippen LogP) is 6.15. The SMILES string of the molecule is Cc1oc(-c2ccc(-c3ccccc3)cc2)nc1CCOc1ccc(CCC(=O)O)c(C(N)C(=O)OCC(C)C)c1. The van der Waals surface area contributed by atoms with Crippen LogP contribution < -0.4 is 10.5 Å². The third-order valence-electron chi connectivity index (χ3n) is 6.61. The molecule has 0 fully saturated rings. The van der Waals surface area contributed by atoms with E-state index in [0.29, 0.717) is 35.8 Å². The van der Waals surface area contributed by atoms with Gasteiger partial charge in [0.2, 0.25) is 5.89 Å². The molecule has 1 atom stereocenters. The zero-order chi connectivity index (χ0) is 29.4. The van der Waals surface area contributed by atoms with Crippen molar-refractivity contribution in [2.75, 3.05) is 13.2 Å². The van der Waals surface area contributed by atoms with Gasteiger partial charge in [0, 0.05) is 18.4 Å². The number of rotatable bonds is 13. The standard InChI is InChI=1S/C33H36N2O6/c1-21(2)20-40-33(38)31(34)28-19-27(15-13-25(28)14-16-30(36)37)39-18-17-29-22(3)41-32(35-29)26-11-9-24(10-12-26)23-7-5-4-6-8-23/h4-13,15,19,21,31H,14,16-18,20,34H2,1-3H3,(H,36,37). The number of hydrogen-bond acceptors (Lipinski definition) is 7. The lowest BCUT2D eigenvalue weighted by Gasteiger charge is -2.18. The van der Waals surface area contributed by atoms with E-state index in [1.54, 1.807) is 18.2 Å². The monoisotopic (exact) mass is 556 g/mol. The fourth-order valence-electron chi connectivity index (χ4n) is 4.37. The van der Waals surface area contributed by atoms with Gasteiger partial charge in [-0.25, -0.2) is 9.78 Å². The van der Waals surface area contributed by atoms with Crippen molar-refractivity contribution < 1.29 is 28.6 Å². The molecule has 1 aromatic heterocycles. The van der Waals surface area contributed by atoms with Crippen molar-refractivity contribution in [1.29, 1.82) is 0 Å². The summed E-state index contributed by atoms with van der Waals surface area (Å²) in [6.45, 7) is 6.32. The van der Waals surface area contributed by atoms with E-state index < -0.39 is 18.0 Å². The van der Waals surface area contributed by atoms with Gasteiger partial charge in [0.15, 0.2) is 0 Å². The molecule has 0 radical (unpaired) electrons. The normalized spacial score (nSPS) is 11.8. The number of nitrogens with two attached hydrogens (primary N) is 1. The molecule has 0 bridgehead atoms. The van der Waals surface area contributed by atoms with E-state index >= 15 is 0 Å². The highest BCUT2D eigenvalue weighted by molar-refractivity contribution is 5.78. The van der Waals surface area contributed by atoms with Crippen LogP contribution in [-0.2, 0) is 27.2 Å². The number of benzene rings is 3. The highest BCUT2D eigenvalue weighted by atomic mass is 16.5. The lowest BCUT2D eigenvalue weighted by Crippen LogP contribution is -2.26. The van der Waals surface area contributed by atoms with Gasteiger partial charge in [0.05, 0.1) is 18.9 Å². The van der Waals surface area contributed by atoms with Crippen LogP contribution in [0, 0.1) is 12.8 Å². The van der Waals surface area contributed by atoms with Gasteiger partial charge in [-0.15, -0.1) is 0 Å². The number of carbonyl (C=O) groups excluding carboxylic acids is 1. The molecule has 0 saturated heterocycles. The van der Waals surface area contributed by atoms with Crippen LogP contribution in [0.15, 0.2) is 77.2 Å². The summed E-state index contributed by atoms with van der Waals surface area (Å²) in [6, 6.07) is 22.4. The Hall–Kier alpha value is -4.43. The van der Waals surface area contributed by atoms with Gasteiger partial charge in [-0.1, -0.05) is 62.4 Å². The van der Waals surface area contributed by atoms with Crippen molar-refractivity contribution in [3.05, 3.63) is 95.4 Å². The van der Waals surface area contributed by atoms with Crippen LogP contribution in [0.5, 0.6) is 5.75 Å². The molecule has 0 amide bonds. The van der Waals surface area contributed by atoms with Gasteiger partial charge >= 0.3 is 11.9 Å². The Labute approximate surface area is 240 Å². The minimum absolute atomic E-state index is 0.0796. The predicted molar refractivity (Wildman–Crippen MR) is 156 cm³/mol. The highest BCUT2D eigenvalue weighted by Crippen LogP contribution is 2.27. The average Bonchev–Trinajstić information content (AvgIpc) is 3.35. The minimum Gasteiger partial charge on any atom is -0.493 e. The van der Waals surface area contributed by atoms with Crippen LogP contribution in [0.25, 0.3) is 22.6 Å². The summed E-state index contributed by atoms with van der Waals surface area (Å²) in [7, 11) is 0. The maximum Gasteiger partial charge on any atom is 0.327 e. The number of esters is 1. The first kappa shape index (κ1) is 29.6. The van der Waals surface area contributed by atoms with Gasteiger partial charge in [-0.2, -0.15) is 0 Å². The largest absolute Gasteiger partial charge is 0.493 e. The Morgan fingerprint density at radius 3 is 2.32 bits per heavy atom. The second-order valence-electron chi connectivity index (χ2n) is 10.3. The Balaban J connectivity index is 1.42. The number of carboxylic acids is 1. The third-order valence-corrected chi connectivity index (χ3v) is 6.61. The van der Waals surface area contributed by atoms with Crippen molar-refractivity contribution in [1.82, 2.24) is 4.98 Å². The van der Waals surface area contributed by atoms with Gasteiger partial charge < -0.3 is 24.7 Å².